The summed E-state index contributed by atoms with van der Waals surface area (Å²) in [6.45, 7) is 6.42. The Kier molecular flexibility index (Phi) is 3.65. The molecular formula is C11H16NO+. The minimum atomic E-state index is -0.350. The highest BCUT2D eigenvalue weighted by molar-refractivity contribution is 5.08. The van der Waals surface area contributed by atoms with Crippen molar-refractivity contribution in [2.45, 2.75) is 26.0 Å². The number of nitrogens with zero attached hydrogens (tertiary/aromatic N) is 1. The van der Waals surface area contributed by atoms with Crippen LogP contribution >= 0.6 is 0 Å². The average molecular weight is 178 g/mol. The zero-order valence-corrected chi connectivity index (χ0v) is 7.98. The standard InChI is InChI=1S/C11H16NO/c1-3-7-12-8-5-6-10(9-12)11(13)4-2/h3,5-6,8-9,11,13H,1,4,7H2,2H3/q+1. The number of aliphatic hydroxyl groups is 1. The largest absolute Gasteiger partial charge is 0.388 e. The molecule has 0 aromatic carbocycles. The van der Waals surface area contributed by atoms with E-state index in [-0.39, 0.29) is 6.10 Å². The maximum atomic E-state index is 9.58. The van der Waals surface area contributed by atoms with Crippen molar-refractivity contribution in [3.63, 3.8) is 0 Å². The van der Waals surface area contributed by atoms with Crippen molar-refractivity contribution < 1.29 is 9.67 Å². The van der Waals surface area contributed by atoms with Crippen LogP contribution in [0.3, 0.4) is 0 Å². The molecule has 1 rings (SSSR count). The second-order valence-corrected chi connectivity index (χ2v) is 3.05. The summed E-state index contributed by atoms with van der Waals surface area (Å²) in [6, 6.07) is 3.88. The van der Waals surface area contributed by atoms with Gasteiger partial charge in [-0.05, 0) is 18.6 Å². The minimum Gasteiger partial charge on any atom is -0.388 e. The Balaban J connectivity index is 2.84. The molecule has 0 aliphatic carbocycles. The summed E-state index contributed by atoms with van der Waals surface area (Å²) in [7, 11) is 0. The highest BCUT2D eigenvalue weighted by Crippen LogP contribution is 2.12. The van der Waals surface area contributed by atoms with Crippen LogP contribution in [0.15, 0.2) is 37.2 Å². The van der Waals surface area contributed by atoms with Gasteiger partial charge in [-0.15, -0.1) is 0 Å². The zero-order valence-electron chi connectivity index (χ0n) is 7.98. The first-order chi connectivity index (χ1) is 6.27. The zero-order chi connectivity index (χ0) is 9.68. The van der Waals surface area contributed by atoms with Crippen molar-refractivity contribution in [3.8, 4) is 0 Å². The Labute approximate surface area is 79.2 Å². The Hall–Kier alpha value is -1.15. The highest BCUT2D eigenvalue weighted by atomic mass is 16.3. The van der Waals surface area contributed by atoms with E-state index < -0.39 is 0 Å². The molecule has 0 fully saturated rings. The topological polar surface area (TPSA) is 24.1 Å². The monoisotopic (exact) mass is 178 g/mol. The summed E-state index contributed by atoms with van der Waals surface area (Å²) in [5.74, 6) is 0. The van der Waals surface area contributed by atoms with Gasteiger partial charge < -0.3 is 5.11 Å². The highest BCUT2D eigenvalue weighted by Gasteiger charge is 2.08. The normalized spacial score (nSPS) is 12.5. The van der Waals surface area contributed by atoms with Gasteiger partial charge >= 0.3 is 0 Å². The second-order valence-electron chi connectivity index (χ2n) is 3.05. The predicted octanol–water partition coefficient (Wildman–Crippen LogP) is 1.60. The first-order valence-electron chi connectivity index (χ1n) is 4.56. The summed E-state index contributed by atoms with van der Waals surface area (Å²) in [5, 5.41) is 9.58. The average Bonchev–Trinajstić information content (AvgIpc) is 2.18. The van der Waals surface area contributed by atoms with Crippen LogP contribution in [0.5, 0.6) is 0 Å². The van der Waals surface area contributed by atoms with Crippen LogP contribution < -0.4 is 4.57 Å². The molecule has 1 unspecified atom stereocenters. The van der Waals surface area contributed by atoms with Crippen molar-refractivity contribution in [1.82, 2.24) is 0 Å². The van der Waals surface area contributed by atoms with Crippen LogP contribution in [0, 0.1) is 0 Å². The van der Waals surface area contributed by atoms with Crippen LogP contribution in [0.2, 0.25) is 0 Å². The molecule has 70 valence electrons. The lowest BCUT2D eigenvalue weighted by atomic mass is 10.1. The molecule has 1 heterocycles. The van der Waals surface area contributed by atoms with E-state index in [1.54, 1.807) is 0 Å². The van der Waals surface area contributed by atoms with Gasteiger partial charge in [-0.1, -0.05) is 13.5 Å². The lowest BCUT2D eigenvalue weighted by Crippen LogP contribution is -2.32. The third-order valence-corrected chi connectivity index (χ3v) is 1.99. The number of rotatable bonds is 4. The molecule has 0 radical (unpaired) electrons. The SMILES string of the molecule is C=CC[n+]1cccc(C(O)CC)c1. The minimum absolute atomic E-state index is 0.350. The number of hydrogen-bond acceptors (Lipinski definition) is 1. The van der Waals surface area contributed by atoms with E-state index in [1.807, 2.05) is 42.1 Å². The van der Waals surface area contributed by atoms with Crippen molar-refractivity contribution in [2.75, 3.05) is 0 Å². The van der Waals surface area contributed by atoms with Crippen LogP contribution in [0.25, 0.3) is 0 Å². The van der Waals surface area contributed by atoms with E-state index in [1.165, 1.54) is 0 Å². The fourth-order valence-corrected chi connectivity index (χ4v) is 1.24. The fraction of sp³-hybridized carbons (Fsp3) is 0.364. The molecule has 0 aliphatic heterocycles. The number of allylic oxidation sites excluding steroid dienone is 1. The number of pyridine rings is 1. The van der Waals surface area contributed by atoms with Crippen molar-refractivity contribution >= 4 is 0 Å². The lowest BCUT2D eigenvalue weighted by Gasteiger charge is -2.05. The first kappa shape index (κ1) is 9.93. The molecule has 0 aliphatic rings. The first-order valence-corrected chi connectivity index (χ1v) is 4.56. The molecule has 0 bridgehead atoms. The van der Waals surface area contributed by atoms with Gasteiger partial charge in [0.1, 0.15) is 0 Å². The molecule has 1 aromatic heterocycles. The van der Waals surface area contributed by atoms with Crippen LogP contribution in [0.1, 0.15) is 25.0 Å². The molecule has 1 aromatic rings. The predicted molar refractivity (Wildman–Crippen MR) is 52.1 cm³/mol. The van der Waals surface area contributed by atoms with E-state index in [2.05, 4.69) is 6.58 Å². The van der Waals surface area contributed by atoms with E-state index in [4.69, 9.17) is 0 Å². The van der Waals surface area contributed by atoms with Gasteiger partial charge in [0.2, 0.25) is 0 Å². The third kappa shape index (κ3) is 2.67. The van der Waals surface area contributed by atoms with Gasteiger partial charge in [-0.2, -0.15) is 0 Å². The molecule has 1 atom stereocenters. The summed E-state index contributed by atoms with van der Waals surface area (Å²) < 4.78 is 2.00. The van der Waals surface area contributed by atoms with Gasteiger partial charge in [0.05, 0.1) is 6.10 Å². The summed E-state index contributed by atoms with van der Waals surface area (Å²) in [5.41, 5.74) is 0.965. The lowest BCUT2D eigenvalue weighted by molar-refractivity contribution is -0.687. The van der Waals surface area contributed by atoms with Gasteiger partial charge in [-0.25, -0.2) is 4.57 Å². The second kappa shape index (κ2) is 4.77. The van der Waals surface area contributed by atoms with Gasteiger partial charge in [0.25, 0.3) is 0 Å². The smallest absolute Gasteiger partial charge is 0.174 e. The molecule has 0 saturated carbocycles. The summed E-state index contributed by atoms with van der Waals surface area (Å²) >= 11 is 0. The van der Waals surface area contributed by atoms with Crippen molar-refractivity contribution in [2.24, 2.45) is 0 Å². The van der Waals surface area contributed by atoms with E-state index >= 15 is 0 Å². The van der Waals surface area contributed by atoms with Crippen molar-refractivity contribution in [3.05, 3.63) is 42.7 Å². The number of aliphatic hydroxyl groups excluding tert-OH is 1. The molecule has 2 heteroatoms. The maximum absolute atomic E-state index is 9.58. The summed E-state index contributed by atoms with van der Waals surface area (Å²) in [4.78, 5) is 0. The Morgan fingerprint density at radius 1 is 1.69 bits per heavy atom. The van der Waals surface area contributed by atoms with Gasteiger partial charge in [0, 0.05) is 11.6 Å². The molecule has 1 N–H and O–H groups in total. The third-order valence-electron chi connectivity index (χ3n) is 1.99. The van der Waals surface area contributed by atoms with Crippen LogP contribution in [-0.2, 0) is 6.54 Å². The molecule has 2 nitrogen and oxygen atoms in total. The van der Waals surface area contributed by atoms with Crippen LogP contribution in [-0.4, -0.2) is 5.11 Å². The Bertz CT molecular complexity index is 283. The van der Waals surface area contributed by atoms with E-state index in [0.717, 1.165) is 18.5 Å². The molecule has 0 amide bonds. The summed E-state index contributed by atoms with van der Waals surface area (Å²) in [6.07, 6.45) is 6.15. The van der Waals surface area contributed by atoms with Crippen molar-refractivity contribution in [1.29, 1.82) is 0 Å². The molecular weight excluding hydrogens is 162 g/mol. The number of aromatic nitrogens is 1. The quantitative estimate of drug-likeness (QED) is 0.549. The molecule has 0 spiro atoms. The van der Waals surface area contributed by atoms with Crippen LogP contribution in [0.4, 0.5) is 0 Å². The number of hydrogen-bond donors (Lipinski definition) is 1. The van der Waals surface area contributed by atoms with Gasteiger partial charge in [-0.3, -0.25) is 0 Å². The maximum Gasteiger partial charge on any atom is 0.174 e. The Morgan fingerprint density at radius 3 is 3.08 bits per heavy atom. The molecule has 0 saturated heterocycles. The van der Waals surface area contributed by atoms with E-state index in [9.17, 15) is 5.11 Å². The van der Waals surface area contributed by atoms with Gasteiger partial charge in [0.15, 0.2) is 18.9 Å². The molecule has 13 heavy (non-hydrogen) atoms. The Morgan fingerprint density at radius 2 is 2.46 bits per heavy atom. The fourth-order valence-electron chi connectivity index (χ4n) is 1.24. The van der Waals surface area contributed by atoms with E-state index in [0.29, 0.717) is 0 Å².